The van der Waals surface area contributed by atoms with E-state index in [1.54, 1.807) is 0 Å². The van der Waals surface area contributed by atoms with Crippen LogP contribution >= 0.6 is 0 Å². The van der Waals surface area contributed by atoms with Gasteiger partial charge in [-0.25, -0.2) is 0 Å². The van der Waals surface area contributed by atoms with E-state index in [9.17, 15) is 0 Å². The molecule has 12 rings (SSSR count). The molecule has 0 fully saturated rings. The van der Waals surface area contributed by atoms with E-state index in [1.807, 2.05) is 0 Å². The Morgan fingerprint density at radius 1 is 0.328 bits per heavy atom. The molecule has 0 N–H and O–H groups in total. The van der Waals surface area contributed by atoms with Crippen LogP contribution in [0.25, 0.3) is 76.8 Å². The largest absolute Gasteiger partial charge is 0.310 e. The van der Waals surface area contributed by atoms with E-state index in [-0.39, 0.29) is 10.8 Å². The normalized spacial score (nSPS) is 14.2. The van der Waals surface area contributed by atoms with Crippen LogP contribution < -0.4 is 4.90 Å². The van der Waals surface area contributed by atoms with Crippen LogP contribution in [0.15, 0.2) is 200 Å². The van der Waals surface area contributed by atoms with Crippen LogP contribution in [0, 0.1) is 0 Å². The molecule has 0 aliphatic heterocycles. The molecule has 2 aliphatic carbocycles. The quantitative estimate of drug-likeness (QED) is 0.157. The molecule has 1 heteroatoms. The summed E-state index contributed by atoms with van der Waals surface area (Å²) in [6.45, 7) is 9.58. The Hall–Kier alpha value is -7.22. The van der Waals surface area contributed by atoms with Gasteiger partial charge in [0.05, 0.1) is 5.69 Å². The van der Waals surface area contributed by atoms with Crippen molar-refractivity contribution in [2.75, 3.05) is 4.90 Å². The van der Waals surface area contributed by atoms with Gasteiger partial charge in [0.15, 0.2) is 0 Å². The Morgan fingerprint density at radius 3 is 1.75 bits per heavy atom. The summed E-state index contributed by atoms with van der Waals surface area (Å²) in [6, 6.07) is 74.9. The molecule has 290 valence electrons. The van der Waals surface area contributed by atoms with Crippen molar-refractivity contribution in [2.45, 2.75) is 38.5 Å². The highest BCUT2D eigenvalue weighted by Crippen LogP contribution is 2.56. The van der Waals surface area contributed by atoms with Crippen LogP contribution in [0.4, 0.5) is 17.1 Å². The highest BCUT2D eigenvalue weighted by atomic mass is 15.1. The fourth-order valence-corrected chi connectivity index (χ4v) is 10.9. The summed E-state index contributed by atoms with van der Waals surface area (Å²) in [7, 11) is 0. The van der Waals surface area contributed by atoms with Crippen molar-refractivity contribution in [1.29, 1.82) is 0 Å². The van der Waals surface area contributed by atoms with Crippen molar-refractivity contribution >= 4 is 49.4 Å². The maximum Gasteiger partial charge on any atom is 0.0546 e. The molecule has 0 saturated carbocycles. The number of anilines is 3. The summed E-state index contributed by atoms with van der Waals surface area (Å²) in [5, 5.41) is 7.73. The van der Waals surface area contributed by atoms with Gasteiger partial charge in [-0.1, -0.05) is 185 Å². The van der Waals surface area contributed by atoms with Gasteiger partial charge in [0.2, 0.25) is 0 Å². The van der Waals surface area contributed by atoms with Crippen LogP contribution in [0.3, 0.4) is 0 Å². The maximum absolute atomic E-state index is 2.52. The van der Waals surface area contributed by atoms with Gasteiger partial charge in [0, 0.05) is 27.8 Å². The van der Waals surface area contributed by atoms with Gasteiger partial charge in [-0.3, -0.25) is 0 Å². The van der Waals surface area contributed by atoms with Crippen molar-refractivity contribution in [1.82, 2.24) is 0 Å². The molecule has 0 heterocycles. The highest BCUT2D eigenvalue weighted by molar-refractivity contribution is 6.15. The number of hydrogen-bond donors (Lipinski definition) is 0. The molecule has 0 aromatic heterocycles. The molecular weight excluding hydrogens is 735 g/mol. The predicted molar refractivity (Wildman–Crippen MR) is 260 cm³/mol. The third-order valence-electron chi connectivity index (χ3n) is 14.0. The molecule has 61 heavy (non-hydrogen) atoms. The van der Waals surface area contributed by atoms with Crippen LogP contribution in [0.5, 0.6) is 0 Å². The summed E-state index contributed by atoms with van der Waals surface area (Å²) in [5.41, 5.74) is 18.7. The van der Waals surface area contributed by atoms with Crippen molar-refractivity contribution in [3.05, 3.63) is 222 Å². The first-order valence-electron chi connectivity index (χ1n) is 21.6. The van der Waals surface area contributed by atoms with E-state index in [1.165, 1.54) is 105 Å². The Bertz CT molecular complexity index is 3400. The van der Waals surface area contributed by atoms with E-state index in [0.717, 1.165) is 11.4 Å². The van der Waals surface area contributed by atoms with E-state index >= 15 is 0 Å². The fraction of sp³-hybridized carbons (Fsp3) is 0.100. The molecule has 0 radical (unpaired) electrons. The van der Waals surface area contributed by atoms with Crippen LogP contribution in [0.1, 0.15) is 49.9 Å². The Labute approximate surface area is 358 Å². The van der Waals surface area contributed by atoms with E-state index in [4.69, 9.17) is 0 Å². The maximum atomic E-state index is 2.52. The Kier molecular flexibility index (Phi) is 7.69. The topological polar surface area (TPSA) is 3.24 Å². The van der Waals surface area contributed by atoms with Gasteiger partial charge < -0.3 is 4.90 Å². The fourth-order valence-electron chi connectivity index (χ4n) is 10.9. The third-order valence-corrected chi connectivity index (χ3v) is 14.0. The van der Waals surface area contributed by atoms with Crippen molar-refractivity contribution in [3.8, 4) is 44.5 Å². The molecule has 0 unspecified atom stereocenters. The second-order valence-corrected chi connectivity index (χ2v) is 18.1. The zero-order valence-electron chi connectivity index (χ0n) is 35.0. The van der Waals surface area contributed by atoms with Gasteiger partial charge in [-0.05, 0) is 136 Å². The summed E-state index contributed by atoms with van der Waals surface area (Å²) in [5.74, 6) is 0. The lowest BCUT2D eigenvalue weighted by Crippen LogP contribution is -2.25. The smallest absolute Gasteiger partial charge is 0.0546 e. The number of hydrogen-bond acceptors (Lipinski definition) is 1. The number of rotatable bonds is 5. The van der Waals surface area contributed by atoms with E-state index in [0.29, 0.717) is 0 Å². The lowest BCUT2D eigenvalue weighted by molar-refractivity contribution is 0.645. The van der Waals surface area contributed by atoms with Gasteiger partial charge in [0.25, 0.3) is 0 Å². The Morgan fingerprint density at radius 2 is 0.918 bits per heavy atom. The summed E-state index contributed by atoms with van der Waals surface area (Å²) < 4.78 is 0. The van der Waals surface area contributed by atoms with Gasteiger partial charge in [0.1, 0.15) is 0 Å². The van der Waals surface area contributed by atoms with Crippen LogP contribution in [-0.4, -0.2) is 0 Å². The summed E-state index contributed by atoms with van der Waals surface area (Å²) in [6.07, 6.45) is 0. The predicted octanol–water partition coefficient (Wildman–Crippen LogP) is 16.6. The molecule has 0 spiro atoms. The lowest BCUT2D eigenvalue weighted by Gasteiger charge is -2.38. The standard InChI is InChI=1S/C60H45N/c1-59(2)52-23-13-12-22-48(52)49-33-31-44(37-55(49)59)61(43-29-25-39(26-30-43)38-15-6-5-7-16-38)56-34-28-40-18-14-24-53-57(40)58(56)50-32-27-42(36-54(50)60(53,3)4)51-35-41-17-8-9-19-45(41)46-20-10-11-21-47(46)51/h5-37H,1-4H3. The lowest BCUT2D eigenvalue weighted by atomic mass is 9.67. The molecule has 0 saturated heterocycles. The first-order valence-corrected chi connectivity index (χ1v) is 21.6. The number of benzene rings is 10. The van der Waals surface area contributed by atoms with Crippen molar-refractivity contribution in [3.63, 3.8) is 0 Å². The zero-order valence-corrected chi connectivity index (χ0v) is 35.0. The number of nitrogens with zero attached hydrogens (tertiary/aromatic N) is 1. The Balaban J connectivity index is 1.11. The van der Waals surface area contributed by atoms with E-state index < -0.39 is 0 Å². The second-order valence-electron chi connectivity index (χ2n) is 18.1. The molecule has 2 aliphatic rings. The van der Waals surface area contributed by atoms with Crippen molar-refractivity contribution in [2.24, 2.45) is 0 Å². The first-order chi connectivity index (χ1) is 29.8. The van der Waals surface area contributed by atoms with Gasteiger partial charge in [-0.2, -0.15) is 0 Å². The first kappa shape index (κ1) is 35.7. The van der Waals surface area contributed by atoms with Crippen LogP contribution in [-0.2, 0) is 10.8 Å². The minimum atomic E-state index is -0.241. The molecule has 10 aromatic carbocycles. The summed E-state index contributed by atoms with van der Waals surface area (Å²) in [4.78, 5) is 2.52. The van der Waals surface area contributed by atoms with Gasteiger partial charge >= 0.3 is 0 Å². The molecule has 1 nitrogen and oxygen atoms in total. The molecular formula is C60H45N. The second kappa shape index (κ2) is 13.1. The van der Waals surface area contributed by atoms with E-state index in [2.05, 4.69) is 233 Å². The average molecular weight is 780 g/mol. The third kappa shape index (κ3) is 5.26. The minimum Gasteiger partial charge on any atom is -0.310 e. The number of fused-ring (bicyclic) bond motifs is 8. The molecule has 0 atom stereocenters. The zero-order chi connectivity index (χ0) is 41.0. The van der Waals surface area contributed by atoms with Crippen molar-refractivity contribution < 1.29 is 0 Å². The average Bonchev–Trinajstić information content (AvgIpc) is 3.53. The molecule has 0 bridgehead atoms. The molecule has 0 amide bonds. The van der Waals surface area contributed by atoms with Gasteiger partial charge in [-0.15, -0.1) is 0 Å². The highest BCUT2D eigenvalue weighted by Gasteiger charge is 2.38. The SMILES string of the molecule is CC1(C)c2ccccc2-c2ccc(N(c3ccc(-c4ccccc4)cc3)c3ccc4cccc5c4c3-c3ccc(-c4cc6ccccc6c6ccccc46)cc3C5(C)C)cc21. The monoisotopic (exact) mass is 779 g/mol. The minimum absolute atomic E-state index is 0.129. The summed E-state index contributed by atoms with van der Waals surface area (Å²) >= 11 is 0. The van der Waals surface area contributed by atoms with Crippen LogP contribution in [0.2, 0.25) is 0 Å². The molecule has 10 aromatic rings.